The van der Waals surface area contributed by atoms with Gasteiger partial charge in [0.15, 0.2) is 0 Å². The van der Waals surface area contributed by atoms with Crippen molar-refractivity contribution in [3.8, 4) is 5.75 Å². The van der Waals surface area contributed by atoms with Gasteiger partial charge in [0, 0.05) is 18.5 Å². The summed E-state index contributed by atoms with van der Waals surface area (Å²) in [4.78, 5) is 15.2. The minimum Gasteiger partial charge on any atom is -0.496 e. The van der Waals surface area contributed by atoms with Gasteiger partial charge in [0.1, 0.15) is 11.5 Å². The molecule has 17 heavy (non-hydrogen) atoms. The van der Waals surface area contributed by atoms with Gasteiger partial charge < -0.3 is 9.15 Å². The maximum absolute atomic E-state index is 11.2. The first-order valence-corrected chi connectivity index (χ1v) is 5.05. The second kappa shape index (κ2) is 5.12. The van der Waals surface area contributed by atoms with Crippen LogP contribution in [0.5, 0.6) is 5.75 Å². The lowest BCUT2D eigenvalue weighted by Gasteiger charge is -1.98. The highest BCUT2D eigenvalue weighted by molar-refractivity contribution is 5.67. The zero-order chi connectivity index (χ0) is 12.1. The van der Waals surface area contributed by atoms with Gasteiger partial charge in [0.25, 0.3) is 0 Å². The molecule has 0 N–H and O–H groups in total. The van der Waals surface area contributed by atoms with Crippen LogP contribution < -0.4 is 10.4 Å². The molecule has 0 bridgehead atoms. The van der Waals surface area contributed by atoms with E-state index in [1.165, 1.54) is 13.2 Å². The van der Waals surface area contributed by atoms with Crippen molar-refractivity contribution in [1.29, 1.82) is 0 Å². The predicted octanol–water partition coefficient (Wildman–Crippen LogP) is 2.21. The van der Waals surface area contributed by atoms with E-state index in [0.717, 1.165) is 5.56 Å². The second-order valence-electron chi connectivity index (χ2n) is 3.34. The van der Waals surface area contributed by atoms with Gasteiger partial charge in [-0.2, -0.15) is 0 Å². The molecule has 0 radical (unpaired) electrons. The molecule has 0 spiro atoms. The van der Waals surface area contributed by atoms with Gasteiger partial charge in [0.2, 0.25) is 0 Å². The van der Waals surface area contributed by atoms with Crippen LogP contribution in [-0.2, 0) is 0 Å². The number of hydrogen-bond acceptors (Lipinski definition) is 4. The van der Waals surface area contributed by atoms with Crippen LogP contribution in [0.2, 0.25) is 0 Å². The Morgan fingerprint density at radius 1 is 1.35 bits per heavy atom. The molecule has 0 aliphatic rings. The molecular weight excluding hydrogens is 218 g/mol. The van der Waals surface area contributed by atoms with E-state index in [1.54, 1.807) is 24.5 Å². The molecule has 0 atom stereocenters. The summed E-state index contributed by atoms with van der Waals surface area (Å²) in [5, 5.41) is 0. The van der Waals surface area contributed by atoms with Crippen molar-refractivity contribution in [2.45, 2.75) is 0 Å². The number of methoxy groups -OCH3 is 1. The molecule has 2 heterocycles. The predicted molar refractivity (Wildman–Crippen MR) is 64.7 cm³/mol. The summed E-state index contributed by atoms with van der Waals surface area (Å²) in [6.45, 7) is 0. The lowest BCUT2D eigenvalue weighted by molar-refractivity contribution is 0.400. The first-order chi connectivity index (χ1) is 8.28. The molecule has 86 valence electrons. The van der Waals surface area contributed by atoms with Crippen LogP contribution in [0.15, 0.2) is 45.9 Å². The van der Waals surface area contributed by atoms with E-state index in [-0.39, 0.29) is 0 Å². The van der Waals surface area contributed by atoms with Gasteiger partial charge in [-0.25, -0.2) is 4.79 Å². The fraction of sp³-hybridized carbons (Fsp3) is 0.0769. The zero-order valence-electron chi connectivity index (χ0n) is 9.29. The Hall–Kier alpha value is -2.36. The average molecular weight is 229 g/mol. The Morgan fingerprint density at radius 3 is 2.94 bits per heavy atom. The molecule has 4 nitrogen and oxygen atoms in total. The lowest BCUT2D eigenvalue weighted by atomic mass is 10.2. The maximum Gasteiger partial charge on any atom is 0.339 e. The lowest BCUT2D eigenvalue weighted by Crippen LogP contribution is -1.98. The van der Waals surface area contributed by atoms with Crippen LogP contribution in [0.1, 0.15) is 11.3 Å². The second-order valence-corrected chi connectivity index (χ2v) is 3.34. The van der Waals surface area contributed by atoms with Crippen molar-refractivity contribution in [2.24, 2.45) is 0 Å². The van der Waals surface area contributed by atoms with Crippen LogP contribution in [0, 0.1) is 0 Å². The van der Waals surface area contributed by atoms with Gasteiger partial charge >= 0.3 is 5.63 Å². The zero-order valence-corrected chi connectivity index (χ0v) is 9.29. The highest BCUT2D eigenvalue weighted by atomic mass is 16.5. The molecule has 0 fully saturated rings. The summed E-state index contributed by atoms with van der Waals surface area (Å²) in [7, 11) is 1.50. The number of nitrogens with zero attached hydrogens (tertiary/aromatic N) is 1. The number of ether oxygens (including phenoxy) is 1. The normalized spacial score (nSPS) is 10.6. The Labute approximate surface area is 98.2 Å². The van der Waals surface area contributed by atoms with Gasteiger partial charge in [-0.15, -0.1) is 0 Å². The van der Waals surface area contributed by atoms with E-state index in [9.17, 15) is 4.79 Å². The fourth-order valence-electron chi connectivity index (χ4n) is 1.33. The van der Waals surface area contributed by atoms with Crippen LogP contribution in [-0.4, -0.2) is 12.1 Å². The maximum atomic E-state index is 11.2. The summed E-state index contributed by atoms with van der Waals surface area (Å²) in [6.07, 6.45) is 6.92. The third-order valence-corrected chi connectivity index (χ3v) is 2.12. The van der Waals surface area contributed by atoms with Gasteiger partial charge in [-0.3, -0.25) is 4.98 Å². The molecule has 0 aromatic carbocycles. The molecule has 0 saturated carbocycles. The largest absolute Gasteiger partial charge is 0.496 e. The molecule has 0 aliphatic heterocycles. The molecule has 2 rings (SSSR count). The summed E-state index contributed by atoms with van der Waals surface area (Å²) in [5.41, 5.74) is 0.494. The van der Waals surface area contributed by atoms with Crippen molar-refractivity contribution in [3.05, 3.63) is 58.4 Å². The summed E-state index contributed by atoms with van der Waals surface area (Å²) in [6, 6.07) is 6.68. The molecule has 0 amide bonds. The fourth-order valence-corrected chi connectivity index (χ4v) is 1.33. The molecule has 2 aromatic rings. The topological polar surface area (TPSA) is 52.3 Å². The first kappa shape index (κ1) is 11.1. The van der Waals surface area contributed by atoms with Crippen LogP contribution in [0.4, 0.5) is 0 Å². The van der Waals surface area contributed by atoms with E-state index < -0.39 is 5.63 Å². The van der Waals surface area contributed by atoms with E-state index in [2.05, 4.69) is 4.98 Å². The van der Waals surface area contributed by atoms with Crippen LogP contribution in [0.3, 0.4) is 0 Å². The molecular formula is C13H11NO3. The van der Waals surface area contributed by atoms with Crippen LogP contribution >= 0.6 is 0 Å². The highest BCUT2D eigenvalue weighted by Crippen LogP contribution is 2.12. The summed E-state index contributed by atoms with van der Waals surface area (Å²) in [5.74, 6) is 0.922. The number of hydrogen-bond donors (Lipinski definition) is 0. The third-order valence-electron chi connectivity index (χ3n) is 2.12. The molecule has 0 aliphatic carbocycles. The van der Waals surface area contributed by atoms with Gasteiger partial charge in [-0.05, 0) is 23.8 Å². The monoisotopic (exact) mass is 229 g/mol. The minimum atomic E-state index is -0.435. The van der Waals surface area contributed by atoms with E-state index >= 15 is 0 Å². The van der Waals surface area contributed by atoms with E-state index in [0.29, 0.717) is 11.5 Å². The van der Waals surface area contributed by atoms with Crippen molar-refractivity contribution in [1.82, 2.24) is 4.98 Å². The number of rotatable bonds is 3. The molecule has 0 saturated heterocycles. The van der Waals surface area contributed by atoms with E-state index in [1.807, 2.05) is 18.2 Å². The number of pyridine rings is 1. The van der Waals surface area contributed by atoms with Gasteiger partial charge in [0.05, 0.1) is 13.2 Å². The molecule has 4 heteroatoms. The molecule has 2 aromatic heterocycles. The SMILES string of the molecule is COc1cc(/C=C/c2cccnc2)oc(=O)c1. The quantitative estimate of drug-likeness (QED) is 0.809. The van der Waals surface area contributed by atoms with Gasteiger partial charge in [-0.1, -0.05) is 6.07 Å². The van der Waals surface area contributed by atoms with Crippen molar-refractivity contribution < 1.29 is 9.15 Å². The Bertz CT molecular complexity index is 573. The molecule has 0 unspecified atom stereocenters. The minimum absolute atomic E-state index is 0.435. The average Bonchev–Trinajstić information content (AvgIpc) is 2.37. The Morgan fingerprint density at radius 2 is 2.24 bits per heavy atom. The Kier molecular flexibility index (Phi) is 3.35. The third kappa shape index (κ3) is 3.04. The standard InChI is InChI=1S/C13H11NO3/c1-16-12-7-11(17-13(15)8-12)5-4-10-3-2-6-14-9-10/h2-9H,1H3/b5-4+. The first-order valence-electron chi connectivity index (χ1n) is 5.05. The van der Waals surface area contributed by atoms with Crippen LogP contribution in [0.25, 0.3) is 12.2 Å². The Balaban J connectivity index is 2.27. The van der Waals surface area contributed by atoms with Crippen molar-refractivity contribution in [3.63, 3.8) is 0 Å². The number of aromatic nitrogens is 1. The van der Waals surface area contributed by atoms with Crippen molar-refractivity contribution >= 4 is 12.2 Å². The van der Waals surface area contributed by atoms with Crippen molar-refractivity contribution in [2.75, 3.05) is 7.11 Å². The smallest absolute Gasteiger partial charge is 0.339 e. The summed E-state index contributed by atoms with van der Waals surface area (Å²) >= 11 is 0. The van der Waals surface area contributed by atoms with E-state index in [4.69, 9.17) is 9.15 Å². The highest BCUT2D eigenvalue weighted by Gasteiger charge is 1.98. The summed E-state index contributed by atoms with van der Waals surface area (Å²) < 4.78 is 9.98.